The number of ether oxygens (including phenoxy) is 1. The van der Waals surface area contributed by atoms with Gasteiger partial charge in [0.15, 0.2) is 5.69 Å². The van der Waals surface area contributed by atoms with Gasteiger partial charge in [-0.2, -0.15) is 4.39 Å². The number of imidazole rings is 1. The molecular formula is C10H8BrFN2O2. The minimum Gasteiger partial charge on any atom is -0.464 e. The molecule has 0 fully saturated rings. The van der Waals surface area contributed by atoms with Crippen LogP contribution in [0.25, 0.3) is 5.65 Å². The van der Waals surface area contributed by atoms with E-state index in [2.05, 4.69) is 25.7 Å². The molecule has 0 aliphatic carbocycles. The van der Waals surface area contributed by atoms with Crippen LogP contribution in [0.15, 0.2) is 16.6 Å². The Labute approximate surface area is 99.2 Å². The van der Waals surface area contributed by atoms with Crippen molar-refractivity contribution in [1.29, 1.82) is 0 Å². The fourth-order valence-corrected chi connectivity index (χ4v) is 1.83. The zero-order valence-electron chi connectivity index (χ0n) is 8.62. The van der Waals surface area contributed by atoms with Crippen molar-refractivity contribution in [2.75, 3.05) is 7.11 Å². The largest absolute Gasteiger partial charge is 0.464 e. The van der Waals surface area contributed by atoms with Crippen molar-refractivity contribution in [1.82, 2.24) is 9.38 Å². The number of aromatic nitrogens is 2. The van der Waals surface area contributed by atoms with E-state index in [1.807, 2.05) is 0 Å². The first-order valence-corrected chi connectivity index (χ1v) is 5.27. The van der Waals surface area contributed by atoms with Crippen LogP contribution in [0.5, 0.6) is 0 Å². The van der Waals surface area contributed by atoms with E-state index >= 15 is 0 Å². The summed E-state index contributed by atoms with van der Waals surface area (Å²) in [6.45, 7) is 1.63. The molecule has 84 valence electrons. The summed E-state index contributed by atoms with van der Waals surface area (Å²) in [5.74, 6) is -1.18. The minimum absolute atomic E-state index is 0.108. The third-order valence-corrected chi connectivity index (χ3v) is 2.82. The Morgan fingerprint density at radius 3 is 2.88 bits per heavy atom. The lowest BCUT2D eigenvalue weighted by atomic mass is 10.3. The highest BCUT2D eigenvalue weighted by Gasteiger charge is 2.20. The molecule has 0 saturated carbocycles. The van der Waals surface area contributed by atoms with Gasteiger partial charge in [-0.05, 0) is 35.0 Å². The molecule has 2 aromatic rings. The van der Waals surface area contributed by atoms with Gasteiger partial charge in [0.1, 0.15) is 5.65 Å². The van der Waals surface area contributed by atoms with E-state index in [0.29, 0.717) is 11.3 Å². The second-order valence-corrected chi connectivity index (χ2v) is 4.06. The molecule has 0 radical (unpaired) electrons. The number of carbonyl (C=O) groups excluding carboxylic acids is 1. The number of nitrogens with zero attached hydrogens (tertiary/aromatic N) is 2. The molecule has 0 aliphatic heterocycles. The number of hydrogen-bond donors (Lipinski definition) is 0. The summed E-state index contributed by atoms with van der Waals surface area (Å²) in [6, 6.07) is 3.16. The Morgan fingerprint density at radius 2 is 2.25 bits per heavy atom. The number of pyridine rings is 1. The van der Waals surface area contributed by atoms with Crippen molar-refractivity contribution in [3.8, 4) is 0 Å². The molecule has 0 amide bonds. The number of aryl methyl sites for hydroxylation is 1. The highest BCUT2D eigenvalue weighted by molar-refractivity contribution is 9.10. The standard InChI is InChI=1S/C10H8BrFN2O2/c1-5-8(10(15)16-2)14-7(13-5)4-3-6(11)9(14)12/h3-4H,1-2H3. The van der Waals surface area contributed by atoms with Crippen molar-refractivity contribution in [3.05, 3.63) is 33.9 Å². The van der Waals surface area contributed by atoms with Crippen LogP contribution in [0, 0.1) is 12.9 Å². The summed E-state index contributed by atoms with van der Waals surface area (Å²) in [4.78, 5) is 15.6. The monoisotopic (exact) mass is 286 g/mol. The molecule has 2 aromatic heterocycles. The Bertz CT molecular complexity index is 580. The van der Waals surface area contributed by atoms with Gasteiger partial charge in [0.25, 0.3) is 0 Å². The van der Waals surface area contributed by atoms with E-state index in [9.17, 15) is 9.18 Å². The fourth-order valence-electron chi connectivity index (χ4n) is 1.52. The summed E-state index contributed by atoms with van der Waals surface area (Å²) >= 11 is 3.06. The molecule has 0 aliphatic rings. The van der Waals surface area contributed by atoms with Crippen LogP contribution in [0.2, 0.25) is 0 Å². The molecule has 0 N–H and O–H groups in total. The number of fused-ring (bicyclic) bond motifs is 1. The van der Waals surface area contributed by atoms with Gasteiger partial charge in [-0.1, -0.05) is 0 Å². The van der Waals surface area contributed by atoms with Crippen LogP contribution in [-0.4, -0.2) is 22.5 Å². The molecule has 0 unspecified atom stereocenters. The zero-order chi connectivity index (χ0) is 11.9. The molecule has 0 saturated heterocycles. The number of carbonyl (C=O) groups is 1. The second-order valence-electron chi connectivity index (χ2n) is 3.20. The molecule has 2 rings (SSSR count). The maximum atomic E-state index is 13.8. The first-order chi connectivity index (χ1) is 7.56. The molecular weight excluding hydrogens is 279 g/mol. The summed E-state index contributed by atoms with van der Waals surface area (Å²) in [5, 5.41) is 0. The van der Waals surface area contributed by atoms with Crippen molar-refractivity contribution in [2.45, 2.75) is 6.92 Å². The first-order valence-electron chi connectivity index (χ1n) is 4.47. The van der Waals surface area contributed by atoms with Crippen molar-refractivity contribution in [2.24, 2.45) is 0 Å². The van der Waals surface area contributed by atoms with E-state index in [-0.39, 0.29) is 10.2 Å². The highest BCUT2D eigenvalue weighted by Crippen LogP contribution is 2.21. The highest BCUT2D eigenvalue weighted by atomic mass is 79.9. The number of rotatable bonds is 1. The zero-order valence-corrected chi connectivity index (χ0v) is 10.2. The summed E-state index contributed by atoms with van der Waals surface area (Å²) in [5.41, 5.74) is 0.916. The molecule has 6 heteroatoms. The van der Waals surface area contributed by atoms with Crippen LogP contribution < -0.4 is 0 Å². The van der Waals surface area contributed by atoms with E-state index in [1.165, 1.54) is 13.2 Å². The third-order valence-electron chi connectivity index (χ3n) is 2.23. The van der Waals surface area contributed by atoms with Gasteiger partial charge in [-0.3, -0.25) is 4.40 Å². The Balaban J connectivity index is 2.86. The lowest BCUT2D eigenvalue weighted by Crippen LogP contribution is -2.09. The molecule has 0 aromatic carbocycles. The lowest BCUT2D eigenvalue weighted by Gasteiger charge is -2.03. The predicted octanol–water partition coefficient (Wildman–Crippen LogP) is 2.33. The summed E-state index contributed by atoms with van der Waals surface area (Å²) in [7, 11) is 1.25. The van der Waals surface area contributed by atoms with Crippen molar-refractivity contribution in [3.63, 3.8) is 0 Å². The average molecular weight is 287 g/mol. The van der Waals surface area contributed by atoms with Crippen LogP contribution in [-0.2, 0) is 4.74 Å². The molecule has 4 nitrogen and oxygen atoms in total. The van der Waals surface area contributed by atoms with Gasteiger partial charge in [0, 0.05) is 0 Å². The molecule has 0 spiro atoms. The molecule has 16 heavy (non-hydrogen) atoms. The van der Waals surface area contributed by atoms with Crippen LogP contribution >= 0.6 is 15.9 Å². The fraction of sp³-hybridized carbons (Fsp3) is 0.200. The third kappa shape index (κ3) is 1.49. The van der Waals surface area contributed by atoms with E-state index in [1.54, 1.807) is 13.0 Å². The van der Waals surface area contributed by atoms with Gasteiger partial charge in [0.2, 0.25) is 5.95 Å². The van der Waals surface area contributed by atoms with Crippen LogP contribution in [0.4, 0.5) is 4.39 Å². The number of hydrogen-bond acceptors (Lipinski definition) is 3. The number of esters is 1. The molecule has 0 bridgehead atoms. The average Bonchev–Trinajstić information content (AvgIpc) is 2.60. The smallest absolute Gasteiger partial charge is 0.357 e. The number of methoxy groups -OCH3 is 1. The quantitative estimate of drug-likeness (QED) is 0.597. The van der Waals surface area contributed by atoms with Crippen LogP contribution in [0.3, 0.4) is 0 Å². The topological polar surface area (TPSA) is 43.6 Å². The van der Waals surface area contributed by atoms with Gasteiger partial charge in [0.05, 0.1) is 17.3 Å². The second kappa shape index (κ2) is 3.86. The summed E-state index contributed by atoms with van der Waals surface area (Å²) < 4.78 is 19.8. The van der Waals surface area contributed by atoms with E-state index < -0.39 is 11.9 Å². The van der Waals surface area contributed by atoms with Gasteiger partial charge in [-0.15, -0.1) is 0 Å². The number of halogens is 2. The van der Waals surface area contributed by atoms with Gasteiger partial charge >= 0.3 is 5.97 Å². The van der Waals surface area contributed by atoms with Crippen molar-refractivity contribution < 1.29 is 13.9 Å². The Kier molecular flexibility index (Phi) is 2.67. The Hall–Kier alpha value is -1.43. The Morgan fingerprint density at radius 1 is 1.56 bits per heavy atom. The van der Waals surface area contributed by atoms with Gasteiger partial charge < -0.3 is 4.74 Å². The molecule has 2 heterocycles. The first kappa shape index (κ1) is 11.1. The van der Waals surface area contributed by atoms with E-state index in [0.717, 1.165) is 4.40 Å². The minimum atomic E-state index is -0.609. The van der Waals surface area contributed by atoms with E-state index in [4.69, 9.17) is 0 Å². The maximum Gasteiger partial charge on any atom is 0.357 e. The SMILES string of the molecule is COC(=O)c1c(C)nc2ccc(Br)c(F)n12. The molecule has 0 atom stereocenters. The van der Waals surface area contributed by atoms with Crippen LogP contribution in [0.1, 0.15) is 16.2 Å². The lowest BCUT2D eigenvalue weighted by molar-refractivity contribution is 0.0590. The van der Waals surface area contributed by atoms with Crippen molar-refractivity contribution >= 4 is 27.5 Å². The maximum absolute atomic E-state index is 13.8. The summed E-state index contributed by atoms with van der Waals surface area (Å²) in [6.07, 6.45) is 0. The predicted molar refractivity (Wildman–Crippen MR) is 58.9 cm³/mol. The normalized spacial score (nSPS) is 10.8. The van der Waals surface area contributed by atoms with Gasteiger partial charge in [-0.25, -0.2) is 9.78 Å².